The molecule has 124 valence electrons. The van der Waals surface area contributed by atoms with Crippen molar-refractivity contribution in [2.75, 3.05) is 5.32 Å². The summed E-state index contributed by atoms with van der Waals surface area (Å²) in [7, 11) is 0. The van der Waals surface area contributed by atoms with Gasteiger partial charge in [-0.2, -0.15) is 0 Å². The molecule has 0 saturated heterocycles. The fraction of sp³-hybridized carbons (Fsp3) is 0.176. The number of non-ortho nitro benzene ring substituents is 1. The number of hydrogen-bond acceptors (Lipinski definition) is 5. The van der Waals surface area contributed by atoms with Gasteiger partial charge in [-0.3, -0.25) is 19.7 Å². The van der Waals surface area contributed by atoms with Crippen LogP contribution in [0.5, 0.6) is 5.75 Å². The van der Waals surface area contributed by atoms with E-state index in [-0.39, 0.29) is 41.7 Å². The summed E-state index contributed by atoms with van der Waals surface area (Å²) in [5, 5.41) is 22.7. The normalized spacial score (nSPS) is 10.2. The van der Waals surface area contributed by atoms with Crippen molar-refractivity contribution in [2.45, 2.75) is 19.3 Å². The fourth-order valence-corrected chi connectivity index (χ4v) is 2.13. The minimum atomic E-state index is -0.638. The molecule has 0 unspecified atom stereocenters. The molecular weight excluding hydrogens is 312 g/mol. The van der Waals surface area contributed by atoms with Crippen LogP contribution in [-0.2, 0) is 4.79 Å². The number of ketones is 1. The third-order valence-electron chi connectivity index (χ3n) is 3.37. The lowest BCUT2D eigenvalue weighted by Gasteiger charge is -2.07. The molecule has 0 spiro atoms. The van der Waals surface area contributed by atoms with Crippen molar-refractivity contribution in [1.82, 2.24) is 0 Å². The van der Waals surface area contributed by atoms with Gasteiger partial charge in [-0.25, -0.2) is 0 Å². The molecule has 1 amide bonds. The average Bonchev–Trinajstić information content (AvgIpc) is 2.57. The Morgan fingerprint density at radius 2 is 1.79 bits per heavy atom. The second-order valence-electron chi connectivity index (χ2n) is 5.15. The van der Waals surface area contributed by atoms with Crippen LogP contribution < -0.4 is 5.32 Å². The Morgan fingerprint density at radius 1 is 1.08 bits per heavy atom. The van der Waals surface area contributed by atoms with E-state index >= 15 is 0 Å². The summed E-state index contributed by atoms with van der Waals surface area (Å²) in [5.41, 5.74) is 0.435. The van der Waals surface area contributed by atoms with E-state index in [1.807, 2.05) is 6.07 Å². The van der Waals surface area contributed by atoms with Crippen LogP contribution in [0.3, 0.4) is 0 Å². The number of nitro groups is 1. The predicted octanol–water partition coefficient (Wildman–Crippen LogP) is 3.29. The number of nitrogens with one attached hydrogen (secondary N) is 1. The van der Waals surface area contributed by atoms with Crippen LogP contribution in [0.2, 0.25) is 0 Å². The SMILES string of the molecule is O=C(CCCC(=O)c1ccccc1)Nc1ccc([N+](=O)[O-])cc1O. The largest absolute Gasteiger partial charge is 0.506 e. The van der Waals surface area contributed by atoms with Gasteiger partial charge >= 0.3 is 0 Å². The van der Waals surface area contributed by atoms with Gasteiger partial charge in [-0.15, -0.1) is 0 Å². The first-order valence-electron chi connectivity index (χ1n) is 7.33. The predicted molar refractivity (Wildman–Crippen MR) is 88.0 cm³/mol. The van der Waals surface area contributed by atoms with Gasteiger partial charge in [-0.1, -0.05) is 30.3 Å². The molecule has 0 aliphatic rings. The summed E-state index contributed by atoms with van der Waals surface area (Å²) in [6.45, 7) is 0. The summed E-state index contributed by atoms with van der Waals surface area (Å²) < 4.78 is 0. The number of Topliss-reactive ketones (excluding diaryl/α,β-unsaturated/α-hetero) is 1. The Balaban J connectivity index is 1.83. The van der Waals surface area contributed by atoms with Crippen molar-refractivity contribution in [3.8, 4) is 5.75 Å². The molecule has 0 saturated carbocycles. The first-order valence-corrected chi connectivity index (χ1v) is 7.33. The van der Waals surface area contributed by atoms with Gasteiger partial charge < -0.3 is 10.4 Å². The van der Waals surface area contributed by atoms with E-state index in [0.717, 1.165) is 6.07 Å². The van der Waals surface area contributed by atoms with Gasteiger partial charge in [0.2, 0.25) is 5.91 Å². The van der Waals surface area contributed by atoms with Gasteiger partial charge in [-0.05, 0) is 12.5 Å². The van der Waals surface area contributed by atoms with E-state index in [1.165, 1.54) is 12.1 Å². The zero-order chi connectivity index (χ0) is 17.5. The third kappa shape index (κ3) is 4.64. The Hall–Kier alpha value is -3.22. The van der Waals surface area contributed by atoms with E-state index in [2.05, 4.69) is 5.32 Å². The second kappa shape index (κ2) is 7.87. The van der Waals surface area contributed by atoms with Crippen LogP contribution in [0, 0.1) is 10.1 Å². The van der Waals surface area contributed by atoms with Crippen LogP contribution in [0.1, 0.15) is 29.6 Å². The zero-order valence-electron chi connectivity index (χ0n) is 12.8. The number of amides is 1. The minimum Gasteiger partial charge on any atom is -0.506 e. The van der Waals surface area contributed by atoms with Gasteiger partial charge in [0.05, 0.1) is 16.7 Å². The monoisotopic (exact) mass is 328 g/mol. The Bertz CT molecular complexity index is 759. The summed E-state index contributed by atoms with van der Waals surface area (Å²) >= 11 is 0. The number of nitro benzene ring substituents is 1. The van der Waals surface area contributed by atoms with Crippen molar-refractivity contribution in [1.29, 1.82) is 0 Å². The van der Waals surface area contributed by atoms with Crippen LogP contribution in [-0.4, -0.2) is 21.7 Å². The molecule has 0 heterocycles. The number of phenolic OH excluding ortho intramolecular Hbond substituents is 1. The second-order valence-corrected chi connectivity index (χ2v) is 5.15. The average molecular weight is 328 g/mol. The molecule has 0 atom stereocenters. The van der Waals surface area contributed by atoms with E-state index < -0.39 is 4.92 Å². The Labute approximate surface area is 138 Å². The molecule has 7 nitrogen and oxygen atoms in total. The zero-order valence-corrected chi connectivity index (χ0v) is 12.8. The molecule has 0 aliphatic heterocycles. The number of nitrogens with zero attached hydrogens (tertiary/aromatic N) is 1. The number of hydrogen-bond donors (Lipinski definition) is 2. The maximum atomic E-state index is 11.9. The molecule has 2 rings (SSSR count). The summed E-state index contributed by atoms with van der Waals surface area (Å²) in [5.74, 6) is -0.792. The van der Waals surface area contributed by atoms with Crippen LogP contribution in [0.15, 0.2) is 48.5 Å². The van der Waals surface area contributed by atoms with Gasteiger partial charge in [0.15, 0.2) is 5.78 Å². The van der Waals surface area contributed by atoms with Crippen molar-refractivity contribution in [2.24, 2.45) is 0 Å². The van der Waals surface area contributed by atoms with Crippen molar-refractivity contribution in [3.63, 3.8) is 0 Å². The quantitative estimate of drug-likeness (QED) is 0.351. The van der Waals surface area contributed by atoms with Gasteiger partial charge in [0, 0.05) is 24.5 Å². The Morgan fingerprint density at radius 3 is 2.42 bits per heavy atom. The van der Waals surface area contributed by atoms with Crippen LogP contribution >= 0.6 is 0 Å². The molecule has 2 aromatic carbocycles. The number of carbonyl (C=O) groups is 2. The van der Waals surface area contributed by atoms with E-state index in [4.69, 9.17) is 0 Å². The van der Waals surface area contributed by atoms with Crippen molar-refractivity contribution < 1.29 is 19.6 Å². The topological polar surface area (TPSA) is 110 Å². The maximum absolute atomic E-state index is 11.9. The molecule has 0 bridgehead atoms. The molecule has 0 fully saturated rings. The van der Waals surface area contributed by atoms with Crippen LogP contribution in [0.25, 0.3) is 0 Å². The number of aromatic hydroxyl groups is 1. The standard InChI is InChI=1S/C17H16N2O5/c20-15(12-5-2-1-3-6-12)7-4-8-17(22)18-14-10-9-13(19(23)24)11-16(14)21/h1-3,5-6,9-11,21H,4,7-8H2,(H,18,22). The number of rotatable bonds is 7. The molecule has 2 aromatic rings. The highest BCUT2D eigenvalue weighted by molar-refractivity contribution is 5.97. The molecule has 0 radical (unpaired) electrons. The molecule has 0 aliphatic carbocycles. The number of benzene rings is 2. The third-order valence-corrected chi connectivity index (χ3v) is 3.37. The Kier molecular flexibility index (Phi) is 5.62. The molecule has 7 heteroatoms. The molecular formula is C17H16N2O5. The first kappa shape index (κ1) is 17.1. The smallest absolute Gasteiger partial charge is 0.273 e. The molecule has 24 heavy (non-hydrogen) atoms. The van der Waals surface area contributed by atoms with E-state index in [9.17, 15) is 24.8 Å². The lowest BCUT2D eigenvalue weighted by molar-refractivity contribution is -0.384. The van der Waals surface area contributed by atoms with Gasteiger partial charge in [0.1, 0.15) is 5.75 Å². The summed E-state index contributed by atoms with van der Waals surface area (Å²) in [4.78, 5) is 33.7. The number of carbonyl (C=O) groups excluding carboxylic acids is 2. The van der Waals surface area contributed by atoms with E-state index in [0.29, 0.717) is 12.0 Å². The van der Waals surface area contributed by atoms with Crippen molar-refractivity contribution >= 4 is 23.1 Å². The highest BCUT2D eigenvalue weighted by atomic mass is 16.6. The van der Waals surface area contributed by atoms with Crippen molar-refractivity contribution in [3.05, 3.63) is 64.2 Å². The van der Waals surface area contributed by atoms with E-state index in [1.54, 1.807) is 24.3 Å². The number of anilines is 1. The highest BCUT2D eigenvalue weighted by Crippen LogP contribution is 2.28. The summed E-state index contributed by atoms with van der Waals surface area (Å²) in [6.07, 6.45) is 0.714. The lowest BCUT2D eigenvalue weighted by atomic mass is 10.1. The minimum absolute atomic E-state index is 0.0402. The molecule has 0 aromatic heterocycles. The first-order chi connectivity index (χ1) is 11.5. The fourth-order valence-electron chi connectivity index (χ4n) is 2.13. The summed E-state index contributed by atoms with van der Waals surface area (Å²) in [6, 6.07) is 12.2. The number of phenols is 1. The van der Waals surface area contributed by atoms with Crippen LogP contribution in [0.4, 0.5) is 11.4 Å². The van der Waals surface area contributed by atoms with Gasteiger partial charge in [0.25, 0.3) is 5.69 Å². The molecule has 2 N–H and O–H groups in total. The lowest BCUT2D eigenvalue weighted by Crippen LogP contribution is -2.12. The highest BCUT2D eigenvalue weighted by Gasteiger charge is 2.12. The maximum Gasteiger partial charge on any atom is 0.273 e.